The topological polar surface area (TPSA) is 73.1 Å². The first-order valence-corrected chi connectivity index (χ1v) is 5.60. The van der Waals surface area contributed by atoms with E-state index in [1.807, 2.05) is 26.0 Å². The predicted molar refractivity (Wildman–Crippen MR) is 72.2 cm³/mol. The summed E-state index contributed by atoms with van der Waals surface area (Å²) < 4.78 is 5.06. The van der Waals surface area contributed by atoms with Crippen LogP contribution in [-0.2, 0) is 0 Å². The number of hydrogen-bond acceptors (Lipinski definition) is 5. The van der Waals surface area contributed by atoms with E-state index >= 15 is 0 Å². The van der Waals surface area contributed by atoms with Crippen LogP contribution in [0.2, 0.25) is 0 Å². The predicted octanol–water partition coefficient (Wildman–Crippen LogP) is 2.43. The second-order valence-electron chi connectivity index (χ2n) is 4.09. The Morgan fingerprint density at radius 2 is 2.00 bits per heavy atom. The number of aryl methyl sites for hydroxylation is 2. The van der Waals surface area contributed by atoms with Gasteiger partial charge in [-0.25, -0.2) is 4.98 Å². The summed E-state index contributed by atoms with van der Waals surface area (Å²) in [5, 5.41) is 3.20. The summed E-state index contributed by atoms with van der Waals surface area (Å²) in [5.41, 5.74) is 9.59. The number of anilines is 3. The van der Waals surface area contributed by atoms with Crippen LogP contribution in [0.15, 0.2) is 24.5 Å². The molecule has 3 N–H and O–H groups in total. The third kappa shape index (κ3) is 2.34. The van der Waals surface area contributed by atoms with E-state index in [-0.39, 0.29) is 0 Å². The van der Waals surface area contributed by atoms with Crippen LogP contribution in [0.25, 0.3) is 0 Å². The zero-order valence-corrected chi connectivity index (χ0v) is 10.7. The average molecular weight is 244 g/mol. The summed E-state index contributed by atoms with van der Waals surface area (Å²) in [5.74, 6) is 0.924. The molecule has 0 bridgehead atoms. The van der Waals surface area contributed by atoms with Gasteiger partial charge in [-0.05, 0) is 31.0 Å². The third-order valence-electron chi connectivity index (χ3n) is 2.69. The maximum absolute atomic E-state index is 5.92. The molecule has 94 valence electrons. The maximum atomic E-state index is 5.92. The number of nitrogen functional groups attached to an aromatic ring is 1. The van der Waals surface area contributed by atoms with Crippen molar-refractivity contribution >= 4 is 17.2 Å². The Balaban J connectivity index is 2.37. The van der Waals surface area contributed by atoms with Crippen molar-refractivity contribution in [1.29, 1.82) is 0 Å². The molecule has 0 fully saturated rings. The van der Waals surface area contributed by atoms with Gasteiger partial charge >= 0.3 is 0 Å². The molecule has 1 aromatic carbocycles. The highest BCUT2D eigenvalue weighted by molar-refractivity contribution is 5.73. The fourth-order valence-electron chi connectivity index (χ4n) is 1.64. The second-order valence-corrected chi connectivity index (χ2v) is 4.09. The van der Waals surface area contributed by atoms with E-state index < -0.39 is 0 Å². The molecule has 0 atom stereocenters. The highest BCUT2D eigenvalue weighted by Gasteiger charge is 2.09. The Bertz CT molecular complexity index is 569. The molecule has 0 saturated carbocycles. The zero-order valence-electron chi connectivity index (χ0n) is 10.7. The molecule has 0 aliphatic heterocycles. The molecule has 1 aromatic heterocycles. The van der Waals surface area contributed by atoms with E-state index in [1.165, 1.54) is 19.0 Å². The van der Waals surface area contributed by atoms with Gasteiger partial charge < -0.3 is 15.8 Å². The number of nitrogens with one attached hydrogen (secondary N) is 1. The highest BCUT2D eigenvalue weighted by Crippen LogP contribution is 2.28. The molecule has 0 spiro atoms. The second kappa shape index (κ2) is 4.91. The molecule has 5 nitrogen and oxygen atoms in total. The van der Waals surface area contributed by atoms with Gasteiger partial charge in [-0.3, -0.25) is 0 Å². The summed E-state index contributed by atoms with van der Waals surface area (Å²) in [6.45, 7) is 4.06. The minimum Gasteiger partial charge on any atom is -0.479 e. The van der Waals surface area contributed by atoms with E-state index in [9.17, 15) is 0 Å². The van der Waals surface area contributed by atoms with Gasteiger partial charge in [-0.2, -0.15) is 4.98 Å². The SMILES string of the molecule is COc1ncnc(Nc2cc(C)ccc2C)c1N. The van der Waals surface area contributed by atoms with E-state index in [1.54, 1.807) is 0 Å². The molecule has 5 heteroatoms. The lowest BCUT2D eigenvalue weighted by molar-refractivity contribution is 0.399. The summed E-state index contributed by atoms with van der Waals surface area (Å²) in [6, 6.07) is 6.15. The van der Waals surface area contributed by atoms with Crippen molar-refractivity contribution in [2.24, 2.45) is 0 Å². The van der Waals surface area contributed by atoms with Crippen LogP contribution in [0, 0.1) is 13.8 Å². The van der Waals surface area contributed by atoms with Crippen molar-refractivity contribution in [1.82, 2.24) is 9.97 Å². The Labute approximate surface area is 106 Å². The summed E-state index contributed by atoms with van der Waals surface area (Å²) in [6.07, 6.45) is 1.42. The zero-order chi connectivity index (χ0) is 13.1. The van der Waals surface area contributed by atoms with Gasteiger partial charge in [0.15, 0.2) is 5.82 Å². The molecular formula is C13H16N4O. The molecular weight excluding hydrogens is 228 g/mol. The van der Waals surface area contributed by atoms with Crippen LogP contribution >= 0.6 is 0 Å². The molecule has 0 unspecified atom stereocenters. The normalized spacial score (nSPS) is 10.2. The Kier molecular flexibility index (Phi) is 3.32. The molecule has 0 saturated heterocycles. The van der Waals surface area contributed by atoms with Crippen molar-refractivity contribution in [3.63, 3.8) is 0 Å². The number of aromatic nitrogens is 2. The Morgan fingerprint density at radius 3 is 2.72 bits per heavy atom. The highest BCUT2D eigenvalue weighted by atomic mass is 16.5. The molecule has 0 radical (unpaired) electrons. The Hall–Kier alpha value is -2.30. The van der Waals surface area contributed by atoms with Crippen LogP contribution in [0.4, 0.5) is 17.2 Å². The van der Waals surface area contributed by atoms with Crippen LogP contribution in [0.1, 0.15) is 11.1 Å². The van der Waals surface area contributed by atoms with Gasteiger partial charge in [0.1, 0.15) is 12.0 Å². The number of benzene rings is 1. The summed E-state index contributed by atoms with van der Waals surface area (Å²) in [4.78, 5) is 8.07. The number of rotatable bonds is 3. The molecule has 0 aliphatic carbocycles. The quantitative estimate of drug-likeness (QED) is 0.867. The van der Waals surface area contributed by atoms with Crippen molar-refractivity contribution in [2.45, 2.75) is 13.8 Å². The Morgan fingerprint density at radius 1 is 1.22 bits per heavy atom. The van der Waals surface area contributed by atoms with E-state index in [0.717, 1.165) is 11.3 Å². The standard InChI is InChI=1S/C13H16N4O/c1-8-4-5-9(2)10(6-8)17-12-11(14)13(18-3)16-7-15-12/h4-7H,14H2,1-3H3,(H,15,16,17). The van der Waals surface area contributed by atoms with Crippen LogP contribution in [0.3, 0.4) is 0 Å². The van der Waals surface area contributed by atoms with Gasteiger partial charge in [-0.1, -0.05) is 12.1 Å². The minimum absolute atomic E-state index is 0.373. The van der Waals surface area contributed by atoms with E-state index in [2.05, 4.69) is 21.4 Å². The van der Waals surface area contributed by atoms with Gasteiger partial charge in [-0.15, -0.1) is 0 Å². The molecule has 2 aromatic rings. The largest absolute Gasteiger partial charge is 0.479 e. The monoisotopic (exact) mass is 244 g/mol. The van der Waals surface area contributed by atoms with Crippen molar-refractivity contribution in [2.75, 3.05) is 18.2 Å². The smallest absolute Gasteiger partial charge is 0.242 e. The van der Waals surface area contributed by atoms with Crippen LogP contribution in [-0.4, -0.2) is 17.1 Å². The number of hydrogen-bond donors (Lipinski definition) is 2. The fourth-order valence-corrected chi connectivity index (χ4v) is 1.64. The van der Waals surface area contributed by atoms with Gasteiger partial charge in [0.2, 0.25) is 5.88 Å². The van der Waals surface area contributed by atoms with Crippen molar-refractivity contribution in [3.8, 4) is 5.88 Å². The van der Waals surface area contributed by atoms with E-state index in [0.29, 0.717) is 17.4 Å². The van der Waals surface area contributed by atoms with Gasteiger partial charge in [0.25, 0.3) is 0 Å². The molecule has 1 heterocycles. The third-order valence-corrected chi connectivity index (χ3v) is 2.69. The number of ether oxygens (including phenoxy) is 1. The molecule has 0 amide bonds. The summed E-state index contributed by atoms with van der Waals surface area (Å²) in [7, 11) is 1.53. The van der Waals surface area contributed by atoms with Crippen molar-refractivity contribution < 1.29 is 4.74 Å². The first-order valence-electron chi connectivity index (χ1n) is 5.60. The summed E-state index contributed by atoms with van der Waals surface area (Å²) >= 11 is 0. The maximum Gasteiger partial charge on any atom is 0.242 e. The number of nitrogens with two attached hydrogens (primary N) is 1. The lowest BCUT2D eigenvalue weighted by Crippen LogP contribution is -2.04. The molecule has 2 rings (SSSR count). The number of methoxy groups -OCH3 is 1. The lowest BCUT2D eigenvalue weighted by Gasteiger charge is -2.12. The minimum atomic E-state index is 0.373. The average Bonchev–Trinajstić information content (AvgIpc) is 2.36. The van der Waals surface area contributed by atoms with Gasteiger partial charge in [0, 0.05) is 5.69 Å². The number of nitrogens with zero attached hydrogens (tertiary/aromatic N) is 2. The van der Waals surface area contributed by atoms with Gasteiger partial charge in [0.05, 0.1) is 7.11 Å². The van der Waals surface area contributed by atoms with Crippen LogP contribution in [0.5, 0.6) is 5.88 Å². The molecule has 0 aliphatic rings. The van der Waals surface area contributed by atoms with E-state index in [4.69, 9.17) is 10.5 Å². The lowest BCUT2D eigenvalue weighted by atomic mass is 10.1. The van der Waals surface area contributed by atoms with Crippen LogP contribution < -0.4 is 15.8 Å². The first-order chi connectivity index (χ1) is 8.61. The first kappa shape index (κ1) is 12.2. The fraction of sp³-hybridized carbons (Fsp3) is 0.231. The van der Waals surface area contributed by atoms with Crippen molar-refractivity contribution in [3.05, 3.63) is 35.7 Å². The molecule has 18 heavy (non-hydrogen) atoms.